The minimum Gasteiger partial charge on any atom is -0.392 e. The number of aliphatic hydroxyl groups is 1. The van der Waals surface area contributed by atoms with Crippen LogP contribution in [0.1, 0.15) is 53.9 Å². The zero-order valence-electron chi connectivity index (χ0n) is 12.5. The maximum absolute atomic E-state index is 10.4. The minimum atomic E-state index is -0.141. The third-order valence-electron chi connectivity index (χ3n) is 4.83. The molecule has 1 aliphatic rings. The molecule has 0 radical (unpaired) electrons. The Morgan fingerprint density at radius 1 is 1.29 bits per heavy atom. The van der Waals surface area contributed by atoms with Crippen LogP contribution in [0.15, 0.2) is 0 Å². The van der Waals surface area contributed by atoms with Gasteiger partial charge in [0.1, 0.15) is 0 Å². The van der Waals surface area contributed by atoms with Crippen LogP contribution >= 0.6 is 0 Å². The zero-order valence-corrected chi connectivity index (χ0v) is 12.5. The van der Waals surface area contributed by atoms with E-state index < -0.39 is 0 Å². The average Bonchev–Trinajstić information content (AvgIpc) is 2.23. The van der Waals surface area contributed by atoms with E-state index in [1.54, 1.807) is 0 Å². The molecule has 1 fully saturated rings. The van der Waals surface area contributed by atoms with Crippen LogP contribution in [0.2, 0.25) is 0 Å². The lowest BCUT2D eigenvalue weighted by Gasteiger charge is -2.43. The fourth-order valence-electron chi connectivity index (χ4n) is 3.00. The second-order valence-electron chi connectivity index (χ2n) is 7.01. The highest BCUT2D eigenvalue weighted by Gasteiger charge is 2.38. The third-order valence-corrected chi connectivity index (χ3v) is 4.83. The minimum absolute atomic E-state index is 0.102. The Balaban J connectivity index is 2.56. The predicted octanol–water partition coefficient (Wildman–Crippen LogP) is 3.15. The van der Waals surface area contributed by atoms with Crippen molar-refractivity contribution in [2.75, 3.05) is 13.6 Å². The van der Waals surface area contributed by atoms with Crippen molar-refractivity contribution in [3.05, 3.63) is 0 Å². The summed E-state index contributed by atoms with van der Waals surface area (Å²) in [6, 6.07) is 0.590. The van der Waals surface area contributed by atoms with Gasteiger partial charge in [-0.15, -0.1) is 0 Å². The van der Waals surface area contributed by atoms with Crippen LogP contribution in [-0.2, 0) is 0 Å². The van der Waals surface area contributed by atoms with Gasteiger partial charge in [-0.2, -0.15) is 0 Å². The lowest BCUT2D eigenvalue weighted by Crippen LogP contribution is -2.46. The molecule has 0 aromatic carbocycles. The van der Waals surface area contributed by atoms with E-state index in [1.807, 2.05) is 0 Å². The standard InChI is InChI=1S/C15H31NO/c1-11(2)12(3)16(6)10-13-8-7-9-15(4,5)14(13)17/h11-14,17H,7-10H2,1-6H3. The van der Waals surface area contributed by atoms with Crippen molar-refractivity contribution in [1.29, 1.82) is 0 Å². The van der Waals surface area contributed by atoms with Crippen LogP contribution in [0.4, 0.5) is 0 Å². The molecule has 0 saturated heterocycles. The van der Waals surface area contributed by atoms with Gasteiger partial charge < -0.3 is 10.0 Å². The van der Waals surface area contributed by atoms with Gasteiger partial charge in [0.2, 0.25) is 0 Å². The number of hydrogen-bond acceptors (Lipinski definition) is 2. The van der Waals surface area contributed by atoms with Crippen LogP contribution in [0.3, 0.4) is 0 Å². The molecule has 0 aromatic rings. The number of aliphatic hydroxyl groups excluding tert-OH is 1. The largest absolute Gasteiger partial charge is 0.392 e. The zero-order chi connectivity index (χ0) is 13.2. The van der Waals surface area contributed by atoms with E-state index in [4.69, 9.17) is 0 Å². The van der Waals surface area contributed by atoms with Gasteiger partial charge in [-0.3, -0.25) is 0 Å². The van der Waals surface area contributed by atoms with Crippen molar-refractivity contribution in [3.63, 3.8) is 0 Å². The molecule has 102 valence electrons. The fourth-order valence-corrected chi connectivity index (χ4v) is 3.00. The van der Waals surface area contributed by atoms with Gasteiger partial charge in [0.25, 0.3) is 0 Å². The summed E-state index contributed by atoms with van der Waals surface area (Å²) in [7, 11) is 2.19. The first-order valence-corrected chi connectivity index (χ1v) is 7.14. The maximum Gasteiger partial charge on any atom is 0.0631 e. The van der Waals surface area contributed by atoms with Crippen molar-refractivity contribution in [2.45, 2.75) is 66.0 Å². The van der Waals surface area contributed by atoms with Gasteiger partial charge in [-0.05, 0) is 44.1 Å². The quantitative estimate of drug-likeness (QED) is 0.817. The molecule has 0 aromatic heterocycles. The van der Waals surface area contributed by atoms with E-state index >= 15 is 0 Å². The summed E-state index contributed by atoms with van der Waals surface area (Å²) in [4.78, 5) is 2.42. The lowest BCUT2D eigenvalue weighted by atomic mass is 9.69. The molecular weight excluding hydrogens is 210 g/mol. The van der Waals surface area contributed by atoms with Crippen LogP contribution in [-0.4, -0.2) is 35.7 Å². The number of nitrogens with zero attached hydrogens (tertiary/aromatic N) is 1. The van der Waals surface area contributed by atoms with Crippen LogP contribution in [0, 0.1) is 17.3 Å². The summed E-state index contributed by atoms with van der Waals surface area (Å²) in [5.74, 6) is 1.12. The first-order chi connectivity index (χ1) is 7.75. The molecule has 3 atom stereocenters. The predicted molar refractivity (Wildman–Crippen MR) is 74.1 cm³/mol. The van der Waals surface area contributed by atoms with E-state index in [-0.39, 0.29) is 11.5 Å². The summed E-state index contributed by atoms with van der Waals surface area (Å²) in [5, 5.41) is 10.4. The van der Waals surface area contributed by atoms with Gasteiger partial charge in [-0.25, -0.2) is 0 Å². The first kappa shape index (κ1) is 15.0. The lowest BCUT2D eigenvalue weighted by molar-refractivity contribution is -0.0450. The molecule has 2 nitrogen and oxygen atoms in total. The highest BCUT2D eigenvalue weighted by atomic mass is 16.3. The van der Waals surface area contributed by atoms with E-state index in [0.717, 1.165) is 13.0 Å². The molecule has 17 heavy (non-hydrogen) atoms. The molecule has 1 aliphatic carbocycles. The topological polar surface area (TPSA) is 23.5 Å². The Bertz CT molecular complexity index is 237. The van der Waals surface area contributed by atoms with E-state index in [0.29, 0.717) is 17.9 Å². The van der Waals surface area contributed by atoms with Crippen molar-refractivity contribution < 1.29 is 5.11 Å². The molecule has 1 rings (SSSR count). The molecule has 0 spiro atoms. The number of rotatable bonds is 4. The molecule has 0 bridgehead atoms. The van der Waals surface area contributed by atoms with Crippen molar-refractivity contribution in [3.8, 4) is 0 Å². The second-order valence-corrected chi connectivity index (χ2v) is 7.01. The van der Waals surface area contributed by atoms with Crippen LogP contribution in [0.5, 0.6) is 0 Å². The smallest absolute Gasteiger partial charge is 0.0631 e. The van der Waals surface area contributed by atoms with E-state index in [9.17, 15) is 5.11 Å². The SMILES string of the molecule is CC(C)C(C)N(C)CC1CCCC(C)(C)C1O. The van der Waals surface area contributed by atoms with Gasteiger partial charge in [0.05, 0.1) is 6.10 Å². The van der Waals surface area contributed by atoms with Gasteiger partial charge >= 0.3 is 0 Å². The fraction of sp³-hybridized carbons (Fsp3) is 1.00. The number of hydrogen-bond donors (Lipinski definition) is 1. The average molecular weight is 241 g/mol. The first-order valence-electron chi connectivity index (χ1n) is 7.14. The highest BCUT2D eigenvalue weighted by molar-refractivity contribution is 4.89. The van der Waals surface area contributed by atoms with Crippen LogP contribution < -0.4 is 0 Å². The Hall–Kier alpha value is -0.0800. The van der Waals surface area contributed by atoms with Gasteiger partial charge in [0, 0.05) is 12.6 Å². The van der Waals surface area contributed by atoms with E-state index in [1.165, 1.54) is 12.8 Å². The molecule has 1 saturated carbocycles. The third kappa shape index (κ3) is 3.69. The molecule has 3 unspecified atom stereocenters. The summed E-state index contributed by atoms with van der Waals surface area (Å²) < 4.78 is 0. The maximum atomic E-state index is 10.4. The Kier molecular flexibility index (Phi) is 5.03. The van der Waals surface area contributed by atoms with Crippen molar-refractivity contribution >= 4 is 0 Å². The summed E-state index contributed by atoms with van der Waals surface area (Å²) in [6.07, 6.45) is 3.46. The van der Waals surface area contributed by atoms with Gasteiger partial charge in [-0.1, -0.05) is 34.1 Å². The monoisotopic (exact) mass is 241 g/mol. The van der Waals surface area contributed by atoms with Gasteiger partial charge in [0.15, 0.2) is 0 Å². The van der Waals surface area contributed by atoms with Crippen molar-refractivity contribution in [1.82, 2.24) is 4.90 Å². The molecular formula is C15H31NO. The van der Waals surface area contributed by atoms with Crippen molar-refractivity contribution in [2.24, 2.45) is 17.3 Å². The molecule has 2 heteroatoms. The second kappa shape index (κ2) is 5.71. The summed E-state index contributed by atoms with van der Waals surface area (Å²) >= 11 is 0. The highest BCUT2D eigenvalue weighted by Crippen LogP contribution is 2.39. The molecule has 0 aliphatic heterocycles. The Labute approximate surface area is 107 Å². The molecule has 0 amide bonds. The molecule has 0 heterocycles. The van der Waals surface area contributed by atoms with Crippen LogP contribution in [0.25, 0.3) is 0 Å². The Morgan fingerprint density at radius 2 is 1.88 bits per heavy atom. The normalized spacial score (nSPS) is 30.9. The molecule has 1 N–H and O–H groups in total. The Morgan fingerprint density at radius 3 is 2.41 bits per heavy atom. The summed E-state index contributed by atoms with van der Waals surface area (Å²) in [5.41, 5.74) is 0.102. The van der Waals surface area contributed by atoms with E-state index in [2.05, 4.69) is 46.6 Å². The summed E-state index contributed by atoms with van der Waals surface area (Å²) in [6.45, 7) is 12.3.